The van der Waals surface area contributed by atoms with Gasteiger partial charge in [0.2, 0.25) is 15.9 Å². The molecule has 1 aromatic heterocycles. The number of halogens is 3. The smallest absolute Gasteiger partial charge is 0.403 e. The van der Waals surface area contributed by atoms with E-state index in [1.807, 2.05) is 0 Å². The molecule has 9 nitrogen and oxygen atoms in total. The van der Waals surface area contributed by atoms with Crippen molar-refractivity contribution in [3.05, 3.63) is 59.7 Å². The molecule has 1 aliphatic rings. The van der Waals surface area contributed by atoms with Crippen LogP contribution in [0.1, 0.15) is 15.9 Å². The van der Waals surface area contributed by atoms with Crippen molar-refractivity contribution in [2.75, 3.05) is 31.6 Å². The highest BCUT2D eigenvalue weighted by Crippen LogP contribution is 2.31. The lowest BCUT2D eigenvalue weighted by molar-refractivity contribution is -0.137. The first-order valence-electron chi connectivity index (χ1n) is 9.65. The Morgan fingerprint density at radius 2 is 1.61 bits per heavy atom. The van der Waals surface area contributed by atoms with Gasteiger partial charge in [-0.25, -0.2) is 8.42 Å². The molecule has 1 N–H and O–H groups in total. The van der Waals surface area contributed by atoms with Gasteiger partial charge < -0.3 is 9.15 Å². The molecule has 13 heteroatoms. The molecule has 0 spiro atoms. The summed E-state index contributed by atoms with van der Waals surface area (Å²) in [4.78, 5) is 12.5. The van der Waals surface area contributed by atoms with E-state index in [1.54, 1.807) is 0 Å². The van der Waals surface area contributed by atoms with Crippen molar-refractivity contribution in [2.24, 2.45) is 0 Å². The van der Waals surface area contributed by atoms with Gasteiger partial charge in [0.1, 0.15) is 0 Å². The number of benzene rings is 2. The number of hydrogen-bond donors (Lipinski definition) is 1. The van der Waals surface area contributed by atoms with Crippen LogP contribution in [-0.2, 0) is 20.9 Å². The van der Waals surface area contributed by atoms with Crippen molar-refractivity contribution in [2.45, 2.75) is 11.1 Å². The van der Waals surface area contributed by atoms with Crippen LogP contribution < -0.4 is 5.32 Å². The maximum atomic E-state index is 12.7. The number of alkyl halides is 3. The van der Waals surface area contributed by atoms with E-state index in [9.17, 15) is 26.4 Å². The molecule has 0 unspecified atom stereocenters. The molecule has 33 heavy (non-hydrogen) atoms. The maximum absolute atomic E-state index is 12.7. The maximum Gasteiger partial charge on any atom is 0.416 e. The van der Waals surface area contributed by atoms with Crippen LogP contribution in [0.4, 0.5) is 19.2 Å². The van der Waals surface area contributed by atoms with Crippen molar-refractivity contribution < 1.29 is 35.5 Å². The Bertz CT molecular complexity index is 1240. The Morgan fingerprint density at radius 3 is 2.21 bits per heavy atom. The van der Waals surface area contributed by atoms with Crippen LogP contribution in [-0.4, -0.2) is 55.1 Å². The summed E-state index contributed by atoms with van der Waals surface area (Å²) in [5.74, 6) is -0.709. The minimum Gasteiger partial charge on any atom is -0.403 e. The summed E-state index contributed by atoms with van der Waals surface area (Å²) in [6.45, 7) is 1.14. The zero-order valence-corrected chi connectivity index (χ0v) is 17.7. The molecule has 1 saturated heterocycles. The standard InChI is InChI=1S/C20H17F3N4O5S/c21-20(22,23)15-5-1-14(2-6-15)18-25-26-19(32-18)24-17(28)13-3-7-16(8-4-13)33(29,30)27-9-11-31-12-10-27/h1-8H,9-12H2,(H,24,26,28). The molecule has 0 aliphatic carbocycles. The van der Waals surface area contributed by atoms with Crippen LogP contribution in [0.5, 0.6) is 0 Å². The number of rotatable bonds is 5. The van der Waals surface area contributed by atoms with Crippen molar-refractivity contribution in [3.63, 3.8) is 0 Å². The topological polar surface area (TPSA) is 115 Å². The number of carbonyl (C=O) groups is 1. The van der Waals surface area contributed by atoms with Crippen molar-refractivity contribution in [1.29, 1.82) is 0 Å². The Morgan fingerprint density at radius 1 is 0.970 bits per heavy atom. The van der Waals surface area contributed by atoms with Crippen LogP contribution in [0, 0.1) is 0 Å². The van der Waals surface area contributed by atoms with Gasteiger partial charge in [-0.2, -0.15) is 17.5 Å². The third kappa shape index (κ3) is 5.05. The fourth-order valence-corrected chi connectivity index (χ4v) is 4.48. The molecule has 0 atom stereocenters. The van der Waals surface area contributed by atoms with Crippen LogP contribution in [0.25, 0.3) is 11.5 Å². The first-order chi connectivity index (χ1) is 15.6. The van der Waals surface area contributed by atoms with E-state index in [0.29, 0.717) is 13.2 Å². The fourth-order valence-electron chi connectivity index (χ4n) is 3.08. The number of anilines is 1. The first-order valence-corrected chi connectivity index (χ1v) is 11.1. The van der Waals surface area contributed by atoms with Crippen LogP contribution in [0.2, 0.25) is 0 Å². The molecule has 0 saturated carbocycles. The lowest BCUT2D eigenvalue weighted by atomic mass is 10.1. The Balaban J connectivity index is 1.43. The number of nitrogens with zero attached hydrogens (tertiary/aromatic N) is 3. The normalized spacial score (nSPS) is 15.4. The quantitative estimate of drug-likeness (QED) is 0.595. The molecule has 0 bridgehead atoms. The number of hydrogen-bond acceptors (Lipinski definition) is 7. The van der Waals surface area contributed by atoms with Gasteiger partial charge in [-0.05, 0) is 48.5 Å². The fraction of sp³-hybridized carbons (Fsp3) is 0.250. The number of amides is 1. The number of nitrogens with one attached hydrogen (secondary N) is 1. The third-order valence-corrected chi connectivity index (χ3v) is 6.74. The number of sulfonamides is 1. The van der Waals surface area contributed by atoms with Gasteiger partial charge >= 0.3 is 12.2 Å². The van der Waals surface area contributed by atoms with Gasteiger partial charge in [0, 0.05) is 24.2 Å². The van der Waals surface area contributed by atoms with E-state index >= 15 is 0 Å². The zero-order chi connectivity index (χ0) is 23.6. The second-order valence-electron chi connectivity index (χ2n) is 6.98. The van der Waals surface area contributed by atoms with Gasteiger partial charge in [-0.1, -0.05) is 5.10 Å². The molecule has 1 fully saturated rings. The highest BCUT2D eigenvalue weighted by Gasteiger charge is 2.30. The predicted molar refractivity (Wildman–Crippen MR) is 109 cm³/mol. The molecule has 2 heterocycles. The number of ether oxygens (including phenoxy) is 1. The first kappa shape index (κ1) is 22.9. The summed E-state index contributed by atoms with van der Waals surface area (Å²) < 4.78 is 75.1. The van der Waals surface area contributed by atoms with Crippen molar-refractivity contribution in [3.8, 4) is 11.5 Å². The van der Waals surface area contributed by atoms with E-state index in [-0.39, 0.29) is 41.0 Å². The molecule has 4 rings (SSSR count). The third-order valence-electron chi connectivity index (χ3n) is 4.83. The zero-order valence-electron chi connectivity index (χ0n) is 16.9. The highest BCUT2D eigenvalue weighted by molar-refractivity contribution is 7.89. The molecular formula is C20H17F3N4O5S. The Kier molecular flexibility index (Phi) is 6.19. The van der Waals surface area contributed by atoms with E-state index < -0.39 is 27.7 Å². The van der Waals surface area contributed by atoms with Crippen LogP contribution in [0.15, 0.2) is 57.8 Å². The Labute approximate surface area is 186 Å². The summed E-state index contributed by atoms with van der Waals surface area (Å²) in [5.41, 5.74) is -0.433. The minimum absolute atomic E-state index is 0.0448. The average Bonchev–Trinajstić information content (AvgIpc) is 3.27. The summed E-state index contributed by atoms with van der Waals surface area (Å²) in [7, 11) is -3.69. The molecule has 174 valence electrons. The Hall–Kier alpha value is -3.29. The summed E-state index contributed by atoms with van der Waals surface area (Å²) >= 11 is 0. The molecule has 0 radical (unpaired) electrons. The van der Waals surface area contributed by atoms with Gasteiger partial charge in [-0.3, -0.25) is 10.1 Å². The van der Waals surface area contributed by atoms with Gasteiger partial charge in [-0.15, -0.1) is 5.10 Å². The number of carbonyl (C=O) groups excluding carboxylic acids is 1. The molecule has 3 aromatic rings. The monoisotopic (exact) mass is 482 g/mol. The van der Waals surface area contributed by atoms with E-state index in [1.165, 1.54) is 40.7 Å². The average molecular weight is 482 g/mol. The molecule has 1 amide bonds. The van der Waals surface area contributed by atoms with Gasteiger partial charge in [0.15, 0.2) is 0 Å². The van der Waals surface area contributed by atoms with E-state index in [4.69, 9.17) is 9.15 Å². The summed E-state index contributed by atoms with van der Waals surface area (Å²) in [5, 5.41) is 9.75. The highest BCUT2D eigenvalue weighted by atomic mass is 32.2. The molecular weight excluding hydrogens is 465 g/mol. The molecule has 2 aromatic carbocycles. The SMILES string of the molecule is O=C(Nc1nnc(-c2ccc(C(F)(F)F)cc2)o1)c1ccc(S(=O)(=O)N2CCOCC2)cc1. The van der Waals surface area contributed by atoms with E-state index in [2.05, 4.69) is 15.5 Å². The summed E-state index contributed by atoms with van der Waals surface area (Å²) in [6.07, 6.45) is -4.47. The van der Waals surface area contributed by atoms with Crippen molar-refractivity contribution >= 4 is 21.9 Å². The largest absolute Gasteiger partial charge is 0.416 e. The molecule has 1 aliphatic heterocycles. The van der Waals surface area contributed by atoms with E-state index in [0.717, 1.165) is 12.1 Å². The van der Waals surface area contributed by atoms with Gasteiger partial charge in [0.05, 0.1) is 23.7 Å². The lowest BCUT2D eigenvalue weighted by Crippen LogP contribution is -2.40. The van der Waals surface area contributed by atoms with Crippen molar-refractivity contribution in [1.82, 2.24) is 14.5 Å². The van der Waals surface area contributed by atoms with Gasteiger partial charge in [0.25, 0.3) is 5.91 Å². The number of morpholine rings is 1. The lowest BCUT2D eigenvalue weighted by Gasteiger charge is -2.26. The van der Waals surface area contributed by atoms with Crippen LogP contribution in [0.3, 0.4) is 0 Å². The second kappa shape index (κ2) is 8.92. The second-order valence-corrected chi connectivity index (χ2v) is 8.92. The summed E-state index contributed by atoms with van der Waals surface area (Å²) in [6, 6.07) is 9.17. The predicted octanol–water partition coefficient (Wildman–Crippen LogP) is 3.03. The van der Waals surface area contributed by atoms with Crippen LogP contribution >= 0.6 is 0 Å². The minimum atomic E-state index is -4.47. The number of aromatic nitrogens is 2.